The third-order valence-electron chi connectivity index (χ3n) is 12.4. The van der Waals surface area contributed by atoms with Crippen molar-refractivity contribution in [2.45, 2.75) is 10.8 Å². The molecule has 0 heterocycles. The summed E-state index contributed by atoms with van der Waals surface area (Å²) in [4.78, 5) is 2.45. The highest BCUT2D eigenvalue weighted by Crippen LogP contribution is 2.59. The Kier molecular flexibility index (Phi) is 7.69. The molecule has 0 radical (unpaired) electrons. The molecular weight excluding hydrogens is 687 g/mol. The molecule has 0 N–H and O–H groups in total. The maximum atomic E-state index is 2.46. The van der Waals surface area contributed by atoms with E-state index in [1.807, 2.05) is 0 Å². The molecule has 2 aliphatic carbocycles. The van der Waals surface area contributed by atoms with Crippen molar-refractivity contribution in [3.05, 3.63) is 281 Å². The standard InChI is InChI=1S/C56H39N/c1-6-20-40(21-7-1)55(41-22-8-2-9-23-41)51-32-18-16-30-47(51)49-36-34-45(38-53(49)55)57(44-28-14-5-15-29-44)46-35-37-50-48-31-17-19-33-52(48)56(54(50)39-46,42-24-10-3-11-25-42)43-26-12-4-13-27-43/h1-39H. The Morgan fingerprint density at radius 3 is 0.895 bits per heavy atom. The lowest BCUT2D eigenvalue weighted by Crippen LogP contribution is -2.29. The molecule has 0 aliphatic heterocycles. The molecule has 0 amide bonds. The molecule has 0 fully saturated rings. The van der Waals surface area contributed by atoms with Gasteiger partial charge in [-0.05, 0) is 103 Å². The first-order valence-corrected chi connectivity index (χ1v) is 19.9. The minimum atomic E-state index is -0.498. The number of rotatable bonds is 7. The first-order valence-electron chi connectivity index (χ1n) is 19.9. The van der Waals surface area contributed by atoms with Crippen LogP contribution in [0.15, 0.2) is 237 Å². The predicted molar refractivity (Wildman–Crippen MR) is 236 cm³/mol. The van der Waals surface area contributed by atoms with E-state index in [4.69, 9.17) is 0 Å². The van der Waals surface area contributed by atoms with Crippen LogP contribution in [0.25, 0.3) is 22.3 Å². The van der Waals surface area contributed by atoms with Gasteiger partial charge in [0.1, 0.15) is 0 Å². The minimum Gasteiger partial charge on any atom is -0.310 e. The van der Waals surface area contributed by atoms with Crippen molar-refractivity contribution in [2.24, 2.45) is 0 Å². The van der Waals surface area contributed by atoms with Gasteiger partial charge in [-0.15, -0.1) is 0 Å². The molecule has 0 saturated carbocycles. The molecule has 0 spiro atoms. The summed E-state index contributed by atoms with van der Waals surface area (Å²) >= 11 is 0. The van der Waals surface area contributed by atoms with Crippen LogP contribution >= 0.6 is 0 Å². The van der Waals surface area contributed by atoms with Gasteiger partial charge in [0.2, 0.25) is 0 Å². The second-order valence-corrected chi connectivity index (χ2v) is 15.2. The summed E-state index contributed by atoms with van der Waals surface area (Å²) in [7, 11) is 0. The van der Waals surface area contributed by atoms with Crippen LogP contribution in [0.4, 0.5) is 17.1 Å². The highest BCUT2D eigenvalue weighted by Gasteiger charge is 2.48. The molecule has 9 aromatic carbocycles. The van der Waals surface area contributed by atoms with E-state index < -0.39 is 10.8 Å². The summed E-state index contributed by atoms with van der Waals surface area (Å²) in [5, 5.41) is 0. The first kappa shape index (κ1) is 33.1. The van der Waals surface area contributed by atoms with Gasteiger partial charge in [-0.2, -0.15) is 0 Å². The third-order valence-corrected chi connectivity index (χ3v) is 12.4. The number of hydrogen-bond acceptors (Lipinski definition) is 1. The molecule has 2 aliphatic rings. The van der Waals surface area contributed by atoms with Gasteiger partial charge < -0.3 is 4.90 Å². The van der Waals surface area contributed by atoms with Crippen LogP contribution in [-0.4, -0.2) is 0 Å². The molecular formula is C56H39N. The number of benzene rings is 9. The smallest absolute Gasteiger partial charge is 0.0714 e. The van der Waals surface area contributed by atoms with E-state index in [1.54, 1.807) is 0 Å². The van der Waals surface area contributed by atoms with Crippen molar-refractivity contribution in [3.63, 3.8) is 0 Å². The van der Waals surface area contributed by atoms with Gasteiger partial charge >= 0.3 is 0 Å². The molecule has 0 aromatic heterocycles. The molecule has 57 heavy (non-hydrogen) atoms. The monoisotopic (exact) mass is 725 g/mol. The summed E-state index contributed by atoms with van der Waals surface area (Å²) in [5.74, 6) is 0. The molecule has 11 rings (SSSR count). The summed E-state index contributed by atoms with van der Waals surface area (Å²) in [6.07, 6.45) is 0. The average molecular weight is 726 g/mol. The second-order valence-electron chi connectivity index (χ2n) is 15.2. The van der Waals surface area contributed by atoms with Gasteiger partial charge in [0.25, 0.3) is 0 Å². The third kappa shape index (κ3) is 4.82. The zero-order valence-electron chi connectivity index (χ0n) is 31.5. The average Bonchev–Trinajstić information content (AvgIpc) is 3.76. The lowest BCUT2D eigenvalue weighted by atomic mass is 9.67. The maximum Gasteiger partial charge on any atom is 0.0714 e. The highest BCUT2D eigenvalue weighted by molar-refractivity contribution is 5.92. The van der Waals surface area contributed by atoms with E-state index in [0.717, 1.165) is 17.1 Å². The molecule has 0 atom stereocenters. The van der Waals surface area contributed by atoms with Gasteiger partial charge in [-0.3, -0.25) is 0 Å². The second kappa shape index (κ2) is 13.2. The lowest BCUT2D eigenvalue weighted by molar-refractivity contribution is 0.767. The zero-order valence-corrected chi connectivity index (χ0v) is 31.5. The van der Waals surface area contributed by atoms with Crippen LogP contribution in [0.3, 0.4) is 0 Å². The van der Waals surface area contributed by atoms with E-state index >= 15 is 0 Å². The van der Waals surface area contributed by atoms with E-state index in [9.17, 15) is 0 Å². The van der Waals surface area contributed by atoms with Crippen molar-refractivity contribution in [3.8, 4) is 22.3 Å². The number of hydrogen-bond donors (Lipinski definition) is 0. The topological polar surface area (TPSA) is 3.24 Å². The van der Waals surface area contributed by atoms with Crippen LogP contribution in [0.2, 0.25) is 0 Å². The Morgan fingerprint density at radius 2 is 0.526 bits per heavy atom. The van der Waals surface area contributed by atoms with Crippen LogP contribution in [0.5, 0.6) is 0 Å². The SMILES string of the molecule is c1ccc(N(c2ccc3c(c2)C(c2ccccc2)(c2ccccc2)c2ccccc2-3)c2ccc3c(c2)C(c2ccccc2)(c2ccccc2)c2ccccc2-3)cc1. The first-order chi connectivity index (χ1) is 28.3. The highest BCUT2D eigenvalue weighted by atomic mass is 15.1. The van der Waals surface area contributed by atoms with Crippen LogP contribution in [-0.2, 0) is 10.8 Å². The quantitative estimate of drug-likeness (QED) is 0.158. The zero-order chi connectivity index (χ0) is 37.8. The van der Waals surface area contributed by atoms with E-state index in [1.165, 1.54) is 66.8 Å². The number of para-hydroxylation sites is 1. The van der Waals surface area contributed by atoms with E-state index in [-0.39, 0.29) is 0 Å². The Balaban J connectivity index is 1.19. The molecule has 0 unspecified atom stereocenters. The van der Waals surface area contributed by atoms with Gasteiger partial charge in [-0.1, -0.05) is 200 Å². The Morgan fingerprint density at radius 1 is 0.228 bits per heavy atom. The summed E-state index contributed by atoms with van der Waals surface area (Å²) in [6.45, 7) is 0. The fraction of sp³-hybridized carbons (Fsp3) is 0.0357. The number of nitrogens with zero attached hydrogens (tertiary/aromatic N) is 1. The molecule has 9 aromatic rings. The van der Waals surface area contributed by atoms with Crippen molar-refractivity contribution >= 4 is 17.1 Å². The summed E-state index contributed by atoms with van der Waals surface area (Å²) in [5.41, 5.74) is 17.7. The fourth-order valence-corrected chi connectivity index (χ4v) is 10.2. The van der Waals surface area contributed by atoms with Crippen molar-refractivity contribution in [1.29, 1.82) is 0 Å². The summed E-state index contributed by atoms with van der Waals surface area (Å²) < 4.78 is 0. The van der Waals surface area contributed by atoms with Gasteiger partial charge in [-0.25, -0.2) is 0 Å². The number of fused-ring (bicyclic) bond motifs is 6. The fourth-order valence-electron chi connectivity index (χ4n) is 10.2. The van der Waals surface area contributed by atoms with Gasteiger partial charge in [0.05, 0.1) is 10.8 Å². The molecule has 0 bridgehead atoms. The van der Waals surface area contributed by atoms with E-state index in [2.05, 4.69) is 241 Å². The summed E-state index contributed by atoms with van der Waals surface area (Å²) in [6, 6.07) is 87.4. The van der Waals surface area contributed by atoms with Crippen molar-refractivity contribution in [1.82, 2.24) is 0 Å². The maximum absolute atomic E-state index is 2.46. The van der Waals surface area contributed by atoms with Gasteiger partial charge in [0.15, 0.2) is 0 Å². The molecule has 0 saturated heterocycles. The lowest BCUT2D eigenvalue weighted by Gasteiger charge is -2.36. The van der Waals surface area contributed by atoms with Gasteiger partial charge in [0, 0.05) is 17.1 Å². The minimum absolute atomic E-state index is 0.498. The predicted octanol–water partition coefficient (Wildman–Crippen LogP) is 13.9. The molecule has 1 heteroatoms. The van der Waals surface area contributed by atoms with Crippen LogP contribution < -0.4 is 4.90 Å². The Bertz CT molecular complexity index is 2620. The van der Waals surface area contributed by atoms with Crippen LogP contribution in [0.1, 0.15) is 44.5 Å². The largest absolute Gasteiger partial charge is 0.310 e. The Hall–Kier alpha value is -7.22. The Labute approximate surface area is 334 Å². The molecule has 268 valence electrons. The van der Waals surface area contributed by atoms with Crippen LogP contribution in [0, 0.1) is 0 Å². The van der Waals surface area contributed by atoms with Crippen molar-refractivity contribution in [2.75, 3.05) is 4.90 Å². The van der Waals surface area contributed by atoms with E-state index in [0.29, 0.717) is 0 Å². The molecule has 1 nitrogen and oxygen atoms in total. The number of anilines is 3. The van der Waals surface area contributed by atoms with Crippen molar-refractivity contribution < 1.29 is 0 Å². The normalized spacial score (nSPS) is 13.9.